The summed E-state index contributed by atoms with van der Waals surface area (Å²) in [5.74, 6) is -1.21. The summed E-state index contributed by atoms with van der Waals surface area (Å²) in [5, 5.41) is 9.04. The summed E-state index contributed by atoms with van der Waals surface area (Å²) in [6, 6.07) is 1.59. The van der Waals surface area contributed by atoms with E-state index in [4.69, 9.17) is 5.73 Å². The smallest absolute Gasteiger partial charge is 0.243 e. The first kappa shape index (κ1) is 16.7. The van der Waals surface area contributed by atoms with Crippen molar-refractivity contribution < 1.29 is 14.0 Å². The van der Waals surface area contributed by atoms with Crippen LogP contribution in [0, 0.1) is 12.7 Å². The highest BCUT2D eigenvalue weighted by Crippen LogP contribution is 2.31. The van der Waals surface area contributed by atoms with Gasteiger partial charge in [0.05, 0.1) is 0 Å². The number of hydrogen-bond donors (Lipinski definition) is 4. The fraction of sp³-hybridized carbons (Fsp3) is 0.529. The second-order valence-corrected chi connectivity index (χ2v) is 6.56. The minimum absolute atomic E-state index is 0.151. The molecule has 2 aliphatic heterocycles. The molecule has 3 rings (SSSR count). The van der Waals surface area contributed by atoms with Crippen molar-refractivity contribution in [1.29, 1.82) is 0 Å². The number of nitrogens with two attached hydrogens (primary N) is 1. The predicted octanol–water partition coefficient (Wildman–Crippen LogP) is 0.583. The van der Waals surface area contributed by atoms with Gasteiger partial charge in [0.2, 0.25) is 11.8 Å². The molecule has 2 heterocycles. The average Bonchev–Trinajstić information content (AvgIpc) is 3.03. The van der Waals surface area contributed by atoms with E-state index in [0.29, 0.717) is 11.3 Å². The van der Waals surface area contributed by atoms with Crippen molar-refractivity contribution >= 4 is 17.5 Å². The van der Waals surface area contributed by atoms with E-state index in [1.165, 1.54) is 6.07 Å². The van der Waals surface area contributed by atoms with Gasteiger partial charge in [0.15, 0.2) is 0 Å². The molecule has 24 heavy (non-hydrogen) atoms. The zero-order chi connectivity index (χ0) is 17.3. The number of piperidine rings is 1. The lowest BCUT2D eigenvalue weighted by atomic mass is 9.97. The first-order valence-electron chi connectivity index (χ1n) is 8.35. The van der Waals surface area contributed by atoms with E-state index < -0.39 is 18.0 Å². The Hall–Kier alpha value is -2.15. The summed E-state index contributed by atoms with van der Waals surface area (Å²) in [6.07, 6.45) is 3.10. The van der Waals surface area contributed by atoms with Crippen LogP contribution >= 0.6 is 0 Å². The maximum absolute atomic E-state index is 13.9. The molecule has 6 nitrogen and oxygen atoms in total. The Morgan fingerprint density at radius 1 is 1.38 bits per heavy atom. The molecule has 0 aromatic heterocycles. The molecular weight excluding hydrogens is 311 g/mol. The van der Waals surface area contributed by atoms with E-state index in [1.54, 1.807) is 6.07 Å². The maximum Gasteiger partial charge on any atom is 0.243 e. The Morgan fingerprint density at radius 2 is 2.17 bits per heavy atom. The third-order valence-corrected chi connectivity index (χ3v) is 4.86. The van der Waals surface area contributed by atoms with Crippen molar-refractivity contribution in [1.82, 2.24) is 10.6 Å². The number of rotatable bonds is 4. The molecule has 1 aromatic carbocycles. The first-order chi connectivity index (χ1) is 11.5. The third-order valence-electron chi connectivity index (χ3n) is 4.86. The summed E-state index contributed by atoms with van der Waals surface area (Å²) in [4.78, 5) is 24.3. The van der Waals surface area contributed by atoms with Crippen molar-refractivity contribution in [2.45, 2.75) is 50.7 Å². The van der Waals surface area contributed by atoms with Gasteiger partial charge < -0.3 is 21.7 Å². The highest BCUT2D eigenvalue weighted by Gasteiger charge is 2.34. The van der Waals surface area contributed by atoms with Crippen LogP contribution < -0.4 is 21.7 Å². The van der Waals surface area contributed by atoms with Crippen LogP contribution in [-0.4, -0.2) is 36.5 Å². The fourth-order valence-electron chi connectivity index (χ4n) is 3.51. The molecule has 0 aliphatic carbocycles. The van der Waals surface area contributed by atoms with Crippen molar-refractivity contribution in [2.24, 2.45) is 5.73 Å². The zero-order valence-corrected chi connectivity index (χ0v) is 13.7. The van der Waals surface area contributed by atoms with Gasteiger partial charge in [-0.05, 0) is 37.9 Å². The van der Waals surface area contributed by atoms with Gasteiger partial charge in [-0.2, -0.15) is 0 Å². The molecule has 0 bridgehead atoms. The van der Waals surface area contributed by atoms with Crippen LogP contribution in [0.3, 0.4) is 0 Å². The van der Waals surface area contributed by atoms with E-state index in [0.717, 1.165) is 31.4 Å². The lowest BCUT2D eigenvalue weighted by molar-refractivity contribution is -0.128. The molecule has 0 spiro atoms. The molecule has 5 N–H and O–H groups in total. The normalized spacial score (nSPS) is 23.9. The van der Waals surface area contributed by atoms with E-state index in [9.17, 15) is 14.0 Å². The average molecular weight is 334 g/mol. The van der Waals surface area contributed by atoms with Gasteiger partial charge in [-0.15, -0.1) is 0 Å². The number of fused-ring (bicyclic) bond motifs is 1. The molecule has 2 aliphatic rings. The van der Waals surface area contributed by atoms with Crippen LogP contribution in [0.15, 0.2) is 12.1 Å². The summed E-state index contributed by atoms with van der Waals surface area (Å²) >= 11 is 0. The number of hydrogen-bond acceptors (Lipinski definition) is 4. The van der Waals surface area contributed by atoms with Crippen LogP contribution in [0.2, 0.25) is 0 Å². The van der Waals surface area contributed by atoms with E-state index in [2.05, 4.69) is 16.0 Å². The van der Waals surface area contributed by atoms with Crippen LogP contribution in [0.1, 0.15) is 30.4 Å². The van der Waals surface area contributed by atoms with Gasteiger partial charge in [-0.1, -0.05) is 12.5 Å². The first-order valence-corrected chi connectivity index (χ1v) is 8.35. The minimum Gasteiger partial charge on any atom is -0.373 e. The van der Waals surface area contributed by atoms with Crippen molar-refractivity contribution in [3.05, 3.63) is 29.1 Å². The predicted molar refractivity (Wildman–Crippen MR) is 89.0 cm³/mol. The standard InChI is InChI=1S/C17H23FN4O2/c1-9-5-6-11(18)10-8-13(21-14(9)10)17(24)22-15(16(19)23)12-4-2-3-7-20-12/h5-6,12-13,15,20-21H,2-4,7-8H2,1H3,(H2,19,23)(H,22,24). The number of aryl methyl sites for hydroxylation is 1. The van der Waals surface area contributed by atoms with Crippen molar-refractivity contribution in [3.63, 3.8) is 0 Å². The minimum atomic E-state index is -0.755. The van der Waals surface area contributed by atoms with Gasteiger partial charge in [-0.25, -0.2) is 4.39 Å². The fourth-order valence-corrected chi connectivity index (χ4v) is 3.51. The van der Waals surface area contributed by atoms with Gasteiger partial charge in [0.1, 0.15) is 17.9 Å². The maximum atomic E-state index is 13.9. The number of carbonyl (C=O) groups excluding carboxylic acids is 2. The Balaban J connectivity index is 1.69. The molecule has 0 radical (unpaired) electrons. The third kappa shape index (κ3) is 3.21. The Labute approximate surface area is 140 Å². The Morgan fingerprint density at radius 3 is 2.79 bits per heavy atom. The molecule has 130 valence electrons. The van der Waals surface area contributed by atoms with Crippen LogP contribution in [0.25, 0.3) is 0 Å². The molecule has 2 amide bonds. The number of primary amides is 1. The molecule has 1 saturated heterocycles. The van der Waals surface area contributed by atoms with Gasteiger partial charge in [-0.3, -0.25) is 9.59 Å². The second kappa shape index (κ2) is 6.76. The molecule has 0 saturated carbocycles. The number of carbonyl (C=O) groups is 2. The summed E-state index contributed by atoms with van der Waals surface area (Å²) in [5.41, 5.74) is 7.55. The zero-order valence-electron chi connectivity index (χ0n) is 13.7. The molecule has 7 heteroatoms. The quantitative estimate of drug-likeness (QED) is 0.648. The molecular formula is C17H23FN4O2. The van der Waals surface area contributed by atoms with Gasteiger partial charge >= 0.3 is 0 Å². The van der Waals surface area contributed by atoms with Crippen molar-refractivity contribution in [3.8, 4) is 0 Å². The largest absolute Gasteiger partial charge is 0.373 e. The number of halogens is 1. The number of amides is 2. The highest BCUT2D eigenvalue weighted by molar-refractivity contribution is 5.92. The van der Waals surface area contributed by atoms with Crippen LogP contribution in [0.5, 0.6) is 0 Å². The van der Waals surface area contributed by atoms with Crippen molar-refractivity contribution in [2.75, 3.05) is 11.9 Å². The molecule has 1 fully saturated rings. The number of anilines is 1. The Kier molecular flexibility index (Phi) is 4.71. The van der Waals surface area contributed by atoms with Gasteiger partial charge in [0, 0.05) is 23.7 Å². The Bertz CT molecular complexity index is 627. The molecule has 3 atom stereocenters. The summed E-state index contributed by atoms with van der Waals surface area (Å²) in [6.45, 7) is 2.67. The number of benzene rings is 1. The van der Waals surface area contributed by atoms with E-state index in [-0.39, 0.29) is 24.2 Å². The van der Waals surface area contributed by atoms with Crippen LogP contribution in [0.4, 0.5) is 10.1 Å². The van der Waals surface area contributed by atoms with E-state index in [1.807, 2.05) is 6.92 Å². The second-order valence-electron chi connectivity index (χ2n) is 6.56. The summed E-state index contributed by atoms with van der Waals surface area (Å²) < 4.78 is 13.9. The monoisotopic (exact) mass is 334 g/mol. The lowest BCUT2D eigenvalue weighted by Crippen LogP contribution is -2.59. The van der Waals surface area contributed by atoms with Gasteiger partial charge in [0.25, 0.3) is 0 Å². The topological polar surface area (TPSA) is 96.2 Å². The SMILES string of the molecule is Cc1ccc(F)c2c1NC(C(=O)NC(C(N)=O)C1CCCCN1)C2. The lowest BCUT2D eigenvalue weighted by Gasteiger charge is -2.30. The molecule has 1 aromatic rings. The molecule has 3 unspecified atom stereocenters. The highest BCUT2D eigenvalue weighted by atomic mass is 19.1. The summed E-state index contributed by atoms with van der Waals surface area (Å²) in [7, 11) is 0. The number of nitrogens with one attached hydrogen (secondary N) is 3. The van der Waals surface area contributed by atoms with Crippen LogP contribution in [-0.2, 0) is 16.0 Å². The van der Waals surface area contributed by atoms with E-state index >= 15 is 0 Å².